The Morgan fingerprint density at radius 3 is 1.86 bits per heavy atom. The number of aliphatic hydroxyl groups excluding tert-OH is 2. The van der Waals surface area contributed by atoms with E-state index in [2.05, 4.69) is 6.92 Å². The normalized spacial score (nSPS) is 19.2. The summed E-state index contributed by atoms with van der Waals surface area (Å²) < 4.78 is 0. The fourth-order valence-corrected chi connectivity index (χ4v) is 4.61. The lowest BCUT2D eigenvalue weighted by molar-refractivity contribution is -0.146. The van der Waals surface area contributed by atoms with Crippen molar-refractivity contribution >= 4 is 5.97 Å². The van der Waals surface area contributed by atoms with Crippen LogP contribution in [0.25, 0.3) is 0 Å². The van der Waals surface area contributed by atoms with Crippen LogP contribution in [0.3, 0.4) is 0 Å². The lowest BCUT2D eigenvalue weighted by Gasteiger charge is -2.25. The maximum Gasteiger partial charge on any atom is 0.309 e. The van der Waals surface area contributed by atoms with E-state index in [9.17, 15) is 25.2 Å². The highest BCUT2D eigenvalue weighted by Gasteiger charge is 2.33. The van der Waals surface area contributed by atoms with E-state index in [-0.39, 0.29) is 6.10 Å². The Balaban J connectivity index is 2.11. The maximum atomic E-state index is 11.5. The number of carbonyl (C=O) groups is 1. The first-order valence-corrected chi connectivity index (χ1v) is 12.2. The van der Waals surface area contributed by atoms with Gasteiger partial charge in [0.2, 0.25) is 0 Å². The van der Waals surface area contributed by atoms with Crippen molar-refractivity contribution in [3.05, 3.63) is 0 Å². The zero-order valence-electron chi connectivity index (χ0n) is 18.7. The van der Waals surface area contributed by atoms with E-state index in [0.717, 1.165) is 70.6 Å². The minimum absolute atomic E-state index is 0.202. The van der Waals surface area contributed by atoms with Crippen molar-refractivity contribution in [3.8, 4) is 0 Å². The van der Waals surface area contributed by atoms with Crippen LogP contribution in [0.4, 0.5) is 0 Å². The number of aliphatic hydroxyl groups is 3. The van der Waals surface area contributed by atoms with Gasteiger partial charge in [0.15, 0.2) is 0 Å². The molecule has 0 saturated heterocycles. The van der Waals surface area contributed by atoms with Gasteiger partial charge in [-0.2, -0.15) is 0 Å². The minimum atomic E-state index is -0.936. The van der Waals surface area contributed by atoms with Gasteiger partial charge >= 0.3 is 5.97 Å². The first-order valence-electron chi connectivity index (χ1n) is 12.2. The smallest absolute Gasteiger partial charge is 0.309 e. The van der Waals surface area contributed by atoms with Crippen molar-refractivity contribution in [1.82, 2.24) is 0 Å². The van der Waals surface area contributed by atoms with Crippen molar-refractivity contribution in [2.45, 2.75) is 140 Å². The van der Waals surface area contributed by atoms with E-state index in [1.807, 2.05) is 0 Å². The number of hydrogen-bond donors (Lipinski definition) is 4. The molecule has 0 heterocycles. The van der Waals surface area contributed by atoms with Crippen LogP contribution in [-0.2, 0) is 4.79 Å². The first kappa shape index (κ1) is 26.4. The Kier molecular flexibility index (Phi) is 13.8. The summed E-state index contributed by atoms with van der Waals surface area (Å²) in [6.45, 7) is 2.20. The second kappa shape index (κ2) is 15.2. The van der Waals surface area contributed by atoms with Crippen LogP contribution in [0.15, 0.2) is 0 Å². The van der Waals surface area contributed by atoms with E-state index in [4.69, 9.17) is 0 Å². The third kappa shape index (κ3) is 12.0. The quantitative estimate of drug-likeness (QED) is 0.231. The molecular formula is C24H46O5. The standard InChI is InChI=1S/C24H46O5/c1-2-3-4-5-8-13-20(25)14-9-6-7-10-15-21(23(27)28)22(26)16-19-24(29)17-11-12-18-24/h20-22,25-26,29H,2-19H2,1H3,(H,27,28)/t20-,21-,22+/m0/s1. The van der Waals surface area contributed by atoms with Gasteiger partial charge in [0, 0.05) is 0 Å². The summed E-state index contributed by atoms with van der Waals surface area (Å²) in [6.07, 6.45) is 15.3. The van der Waals surface area contributed by atoms with Crippen molar-refractivity contribution in [3.63, 3.8) is 0 Å². The van der Waals surface area contributed by atoms with Gasteiger partial charge in [0.25, 0.3) is 0 Å². The molecule has 3 atom stereocenters. The molecule has 0 radical (unpaired) electrons. The zero-order valence-corrected chi connectivity index (χ0v) is 18.7. The number of carboxylic acid groups (broad SMARTS) is 1. The molecule has 1 rings (SSSR count). The van der Waals surface area contributed by atoms with Crippen LogP contribution in [-0.4, -0.2) is 44.2 Å². The van der Waals surface area contributed by atoms with Crippen molar-refractivity contribution < 1.29 is 25.2 Å². The molecule has 5 heteroatoms. The highest BCUT2D eigenvalue weighted by atomic mass is 16.4. The lowest BCUT2D eigenvalue weighted by atomic mass is 9.87. The second-order valence-corrected chi connectivity index (χ2v) is 9.33. The molecule has 0 spiro atoms. The van der Waals surface area contributed by atoms with E-state index in [0.29, 0.717) is 19.3 Å². The minimum Gasteiger partial charge on any atom is -0.481 e. The second-order valence-electron chi connectivity index (χ2n) is 9.33. The highest BCUT2D eigenvalue weighted by molar-refractivity contribution is 5.70. The number of aliphatic carboxylic acids is 1. The number of hydrogen-bond acceptors (Lipinski definition) is 4. The SMILES string of the molecule is CCCCCCC[C@H](O)CCCCCC[C@H](C(=O)O)[C@H](O)CCC1(O)CCCC1. The fourth-order valence-electron chi connectivity index (χ4n) is 4.61. The van der Waals surface area contributed by atoms with E-state index in [1.54, 1.807) is 0 Å². The Morgan fingerprint density at radius 2 is 1.34 bits per heavy atom. The maximum absolute atomic E-state index is 11.5. The van der Waals surface area contributed by atoms with Crippen molar-refractivity contribution in [2.24, 2.45) is 5.92 Å². The molecule has 0 aromatic heterocycles. The topological polar surface area (TPSA) is 98.0 Å². The van der Waals surface area contributed by atoms with E-state index in [1.165, 1.54) is 25.7 Å². The van der Waals surface area contributed by atoms with Gasteiger partial charge in [0.1, 0.15) is 0 Å². The van der Waals surface area contributed by atoms with E-state index < -0.39 is 23.6 Å². The Hall–Kier alpha value is -0.650. The monoisotopic (exact) mass is 414 g/mol. The van der Waals surface area contributed by atoms with Gasteiger partial charge in [0.05, 0.1) is 23.7 Å². The van der Waals surface area contributed by atoms with Crippen LogP contribution in [0.5, 0.6) is 0 Å². The summed E-state index contributed by atoms with van der Waals surface area (Å²) in [5, 5.41) is 40.2. The molecule has 4 N–H and O–H groups in total. The van der Waals surface area contributed by atoms with Gasteiger partial charge in [-0.15, -0.1) is 0 Å². The summed E-state index contributed by atoms with van der Waals surface area (Å²) in [4.78, 5) is 11.5. The summed E-state index contributed by atoms with van der Waals surface area (Å²) in [5.74, 6) is -1.68. The van der Waals surface area contributed by atoms with Crippen molar-refractivity contribution in [2.75, 3.05) is 0 Å². The van der Waals surface area contributed by atoms with Gasteiger partial charge in [-0.05, 0) is 44.9 Å². The Labute approximate surface area is 177 Å². The summed E-state index contributed by atoms with van der Waals surface area (Å²) in [6, 6.07) is 0. The summed E-state index contributed by atoms with van der Waals surface area (Å²) in [7, 11) is 0. The predicted octanol–water partition coefficient (Wildman–Crippen LogP) is 5.20. The third-order valence-corrected chi connectivity index (χ3v) is 6.66. The predicted molar refractivity (Wildman–Crippen MR) is 117 cm³/mol. The van der Waals surface area contributed by atoms with Crippen LogP contribution in [0, 0.1) is 5.92 Å². The molecule has 1 saturated carbocycles. The van der Waals surface area contributed by atoms with Crippen LogP contribution in [0.2, 0.25) is 0 Å². The lowest BCUT2D eigenvalue weighted by Crippen LogP contribution is -2.32. The molecule has 0 amide bonds. The molecule has 0 bridgehead atoms. The van der Waals surface area contributed by atoms with Crippen LogP contribution in [0.1, 0.15) is 122 Å². The summed E-state index contributed by atoms with van der Waals surface area (Å²) in [5.41, 5.74) is -0.694. The Bertz CT molecular complexity index is 419. The highest BCUT2D eigenvalue weighted by Crippen LogP contribution is 2.34. The van der Waals surface area contributed by atoms with Gasteiger partial charge < -0.3 is 20.4 Å². The largest absolute Gasteiger partial charge is 0.481 e. The number of unbranched alkanes of at least 4 members (excludes halogenated alkanes) is 7. The molecule has 0 aliphatic heterocycles. The molecule has 1 aliphatic carbocycles. The fraction of sp³-hybridized carbons (Fsp3) is 0.958. The van der Waals surface area contributed by atoms with Gasteiger partial charge in [-0.1, -0.05) is 77.6 Å². The average molecular weight is 415 g/mol. The molecule has 172 valence electrons. The van der Waals surface area contributed by atoms with E-state index >= 15 is 0 Å². The molecular weight excluding hydrogens is 368 g/mol. The number of rotatable bonds is 18. The first-order chi connectivity index (χ1) is 13.9. The molecule has 0 aromatic rings. The molecule has 0 unspecified atom stereocenters. The average Bonchev–Trinajstić information content (AvgIpc) is 3.12. The summed E-state index contributed by atoms with van der Waals surface area (Å²) >= 11 is 0. The molecule has 5 nitrogen and oxygen atoms in total. The van der Waals surface area contributed by atoms with Crippen LogP contribution < -0.4 is 0 Å². The zero-order chi connectivity index (χ0) is 21.5. The number of carboxylic acids is 1. The third-order valence-electron chi connectivity index (χ3n) is 6.66. The van der Waals surface area contributed by atoms with Gasteiger partial charge in [-0.3, -0.25) is 4.79 Å². The molecule has 0 aromatic carbocycles. The molecule has 1 aliphatic rings. The van der Waals surface area contributed by atoms with Crippen LogP contribution >= 0.6 is 0 Å². The molecule has 29 heavy (non-hydrogen) atoms. The van der Waals surface area contributed by atoms with Crippen molar-refractivity contribution in [1.29, 1.82) is 0 Å². The Morgan fingerprint density at radius 1 is 0.828 bits per heavy atom. The van der Waals surface area contributed by atoms with Gasteiger partial charge in [-0.25, -0.2) is 0 Å². The molecule has 1 fully saturated rings.